The van der Waals surface area contributed by atoms with Crippen LogP contribution in [0.4, 0.5) is 0 Å². The quantitative estimate of drug-likeness (QED) is 0.231. The number of amides is 4. The van der Waals surface area contributed by atoms with Crippen LogP contribution in [-0.4, -0.2) is 95.2 Å². The summed E-state index contributed by atoms with van der Waals surface area (Å²) in [6.07, 6.45) is 3.53. The highest BCUT2D eigenvalue weighted by atomic mass is 16.5. The Kier molecular flexibility index (Phi) is 13.5. The second-order valence-corrected chi connectivity index (χ2v) is 13.0. The lowest BCUT2D eigenvalue weighted by Crippen LogP contribution is -2.63. The van der Waals surface area contributed by atoms with E-state index < -0.39 is 48.0 Å². The van der Waals surface area contributed by atoms with Gasteiger partial charge >= 0.3 is 0 Å². The molecule has 7 atom stereocenters. The number of likely N-dealkylation sites (N-methyl/N-ethyl adjacent to an activating group) is 1. The van der Waals surface area contributed by atoms with Crippen LogP contribution in [0.25, 0.3) is 0 Å². The number of benzene rings is 1. The van der Waals surface area contributed by atoms with Gasteiger partial charge in [0.05, 0.1) is 18.9 Å². The maximum absolute atomic E-state index is 14.2. The smallest absolute Gasteiger partial charge is 0.247 e. The largest absolute Gasteiger partial charge is 0.487 e. The first-order valence-corrected chi connectivity index (χ1v) is 16.4. The minimum absolute atomic E-state index is 0.0365. The van der Waals surface area contributed by atoms with E-state index in [0.717, 1.165) is 6.42 Å². The number of aromatic nitrogens is 2. The van der Waals surface area contributed by atoms with Gasteiger partial charge in [0.15, 0.2) is 5.78 Å². The monoisotopic (exact) mass is 653 g/mol. The summed E-state index contributed by atoms with van der Waals surface area (Å²) in [6.45, 7) is 11.2. The number of H-pyrrole nitrogens is 1. The molecule has 2 bridgehead atoms. The standard InChI is InChI=1S/C34H51N7O6/c1-9-20(5)27(39-34(46)29(41(7)8)21(6)10-2)32(44)40-28-30(19(3)4)47-24-13-11-22(12-14-24)26(42)17-36-31(43)25(38-33(28)45)15-23-16-35-18-37-23/h11-14,16,18-21,25,27-30H,9-10,15,17H2,1-8H3,(H,35,37)(H,36,43)(H,38,45)(H,39,46)(H,40,44)/t20?,21?,25-,27-,28-,29-,30-/m0/s1. The summed E-state index contributed by atoms with van der Waals surface area (Å²) in [4.78, 5) is 76.8. The lowest BCUT2D eigenvalue weighted by molar-refractivity contribution is -0.137. The second kappa shape index (κ2) is 17.1. The highest BCUT2D eigenvalue weighted by Gasteiger charge is 2.39. The lowest BCUT2D eigenvalue weighted by atomic mass is 9.93. The van der Waals surface area contributed by atoms with Crippen LogP contribution in [0.15, 0.2) is 36.8 Å². The second-order valence-electron chi connectivity index (χ2n) is 13.0. The van der Waals surface area contributed by atoms with Crippen molar-refractivity contribution in [3.05, 3.63) is 48.0 Å². The van der Waals surface area contributed by atoms with Gasteiger partial charge in [-0.05, 0) is 56.1 Å². The van der Waals surface area contributed by atoms with Gasteiger partial charge < -0.3 is 31.0 Å². The van der Waals surface area contributed by atoms with Crippen LogP contribution in [0, 0.1) is 17.8 Å². The van der Waals surface area contributed by atoms with Crippen LogP contribution in [0.2, 0.25) is 0 Å². The molecule has 0 fully saturated rings. The Bertz CT molecular complexity index is 1360. The molecule has 4 rings (SSSR count). The van der Waals surface area contributed by atoms with Crippen molar-refractivity contribution in [2.75, 3.05) is 20.6 Å². The molecule has 47 heavy (non-hydrogen) atoms. The molecule has 2 aromatic rings. The summed E-state index contributed by atoms with van der Waals surface area (Å²) in [5.74, 6) is -2.47. The SMILES string of the molecule is CCC(C)[C@H](NC(=O)[C@H](C(C)CC)N(C)C)C(=O)N[C@@H]1C(=O)N[C@@H](Cc2cnc[nH]2)C(=O)NCC(=O)c2ccc(cc2)O[C@H]1C(C)C. The molecule has 0 saturated carbocycles. The number of aromatic amines is 1. The average Bonchev–Trinajstić information content (AvgIpc) is 3.55. The first-order valence-electron chi connectivity index (χ1n) is 16.4. The van der Waals surface area contributed by atoms with E-state index in [0.29, 0.717) is 23.4 Å². The van der Waals surface area contributed by atoms with Gasteiger partial charge in [-0.3, -0.25) is 28.9 Å². The maximum Gasteiger partial charge on any atom is 0.247 e. The van der Waals surface area contributed by atoms with E-state index in [9.17, 15) is 24.0 Å². The Labute approximate surface area is 277 Å². The van der Waals surface area contributed by atoms with Crippen LogP contribution < -0.4 is 26.0 Å². The number of hydrogen-bond donors (Lipinski definition) is 5. The van der Waals surface area contributed by atoms with Crippen LogP contribution in [0.1, 0.15) is 70.4 Å². The molecule has 0 aliphatic carbocycles. The fourth-order valence-corrected chi connectivity index (χ4v) is 5.65. The van der Waals surface area contributed by atoms with E-state index in [1.807, 2.05) is 60.5 Å². The lowest BCUT2D eigenvalue weighted by Gasteiger charge is -2.35. The summed E-state index contributed by atoms with van der Waals surface area (Å²) in [6, 6.07) is 2.66. The molecule has 2 aliphatic heterocycles. The molecule has 13 heteroatoms. The first-order chi connectivity index (χ1) is 22.3. The van der Waals surface area contributed by atoms with Crippen LogP contribution in [0.3, 0.4) is 0 Å². The Balaban J connectivity index is 2.02. The molecule has 0 radical (unpaired) electrons. The molecule has 3 heterocycles. The Morgan fingerprint density at radius 1 is 0.979 bits per heavy atom. The number of ether oxygens (including phenoxy) is 1. The van der Waals surface area contributed by atoms with Gasteiger partial charge in [-0.2, -0.15) is 0 Å². The normalized spacial score (nSPS) is 21.6. The molecular weight excluding hydrogens is 602 g/mol. The summed E-state index contributed by atoms with van der Waals surface area (Å²) in [7, 11) is 3.66. The van der Waals surface area contributed by atoms with E-state index in [1.165, 1.54) is 12.5 Å². The van der Waals surface area contributed by atoms with E-state index in [2.05, 4.69) is 31.2 Å². The minimum Gasteiger partial charge on any atom is -0.487 e. The third kappa shape index (κ3) is 9.87. The van der Waals surface area contributed by atoms with Crippen molar-refractivity contribution >= 4 is 29.4 Å². The third-order valence-corrected chi connectivity index (χ3v) is 8.85. The van der Waals surface area contributed by atoms with Crippen LogP contribution in [0.5, 0.6) is 5.75 Å². The van der Waals surface area contributed by atoms with Crippen molar-refractivity contribution < 1.29 is 28.7 Å². The van der Waals surface area contributed by atoms with Crippen molar-refractivity contribution in [1.82, 2.24) is 36.1 Å². The van der Waals surface area contributed by atoms with E-state index in [1.54, 1.807) is 24.3 Å². The number of carbonyl (C=O) groups is 5. The van der Waals surface area contributed by atoms with E-state index >= 15 is 0 Å². The molecule has 258 valence electrons. The summed E-state index contributed by atoms with van der Waals surface area (Å²) in [5, 5.41) is 11.3. The van der Waals surface area contributed by atoms with Gasteiger partial charge in [0.25, 0.3) is 0 Å². The molecule has 4 amide bonds. The molecule has 0 saturated heterocycles. The molecule has 2 unspecified atom stereocenters. The van der Waals surface area contributed by atoms with Crippen LogP contribution >= 0.6 is 0 Å². The molecule has 0 spiro atoms. The summed E-state index contributed by atoms with van der Waals surface area (Å²) < 4.78 is 6.33. The Hall–Kier alpha value is -4.26. The number of hydrogen-bond acceptors (Lipinski definition) is 8. The number of carbonyl (C=O) groups excluding carboxylic acids is 5. The van der Waals surface area contributed by atoms with Gasteiger partial charge in [0.2, 0.25) is 23.6 Å². The van der Waals surface area contributed by atoms with Gasteiger partial charge in [0, 0.05) is 23.9 Å². The predicted octanol–water partition coefficient (Wildman–Crippen LogP) is 1.85. The highest BCUT2D eigenvalue weighted by Crippen LogP contribution is 2.21. The van der Waals surface area contributed by atoms with Gasteiger partial charge in [-0.1, -0.05) is 54.4 Å². The fraction of sp³-hybridized carbons (Fsp3) is 0.588. The number of nitrogens with zero attached hydrogens (tertiary/aromatic N) is 2. The van der Waals surface area contributed by atoms with Crippen LogP contribution in [-0.2, 0) is 25.6 Å². The maximum atomic E-state index is 14.2. The highest BCUT2D eigenvalue weighted by molar-refractivity contribution is 6.00. The zero-order valence-electron chi connectivity index (χ0n) is 28.8. The van der Waals surface area contributed by atoms with Crippen molar-refractivity contribution in [2.24, 2.45) is 17.8 Å². The Morgan fingerprint density at radius 3 is 2.19 bits per heavy atom. The topological polar surface area (TPSA) is 175 Å². The third-order valence-electron chi connectivity index (χ3n) is 8.85. The number of fused-ring (bicyclic) bond motifs is 11. The summed E-state index contributed by atoms with van der Waals surface area (Å²) in [5.41, 5.74) is 0.969. The molecule has 13 nitrogen and oxygen atoms in total. The number of Topliss-reactive ketones (excluding diaryl/α,β-unsaturated/α-hetero) is 1. The van der Waals surface area contributed by atoms with Crippen molar-refractivity contribution in [2.45, 2.75) is 91.1 Å². The number of rotatable bonds is 12. The van der Waals surface area contributed by atoms with Gasteiger partial charge in [0.1, 0.15) is 30.0 Å². The number of imidazole rings is 1. The zero-order chi connectivity index (χ0) is 34.8. The predicted molar refractivity (Wildman–Crippen MR) is 178 cm³/mol. The molecule has 2 aliphatic rings. The molecule has 1 aromatic carbocycles. The number of nitrogens with one attached hydrogen (secondary N) is 5. The molecular formula is C34H51N7O6. The van der Waals surface area contributed by atoms with Crippen molar-refractivity contribution in [3.8, 4) is 5.75 Å². The van der Waals surface area contributed by atoms with E-state index in [-0.39, 0.29) is 42.4 Å². The first kappa shape index (κ1) is 37.2. The van der Waals surface area contributed by atoms with Gasteiger partial charge in [-0.15, -0.1) is 0 Å². The van der Waals surface area contributed by atoms with E-state index in [4.69, 9.17) is 4.74 Å². The molecule has 5 N–H and O–H groups in total. The average molecular weight is 654 g/mol. The molecule has 1 aromatic heterocycles. The fourth-order valence-electron chi connectivity index (χ4n) is 5.65. The summed E-state index contributed by atoms with van der Waals surface area (Å²) >= 11 is 0. The number of ketones is 1. The van der Waals surface area contributed by atoms with Crippen molar-refractivity contribution in [3.63, 3.8) is 0 Å². The zero-order valence-corrected chi connectivity index (χ0v) is 28.8. The van der Waals surface area contributed by atoms with Gasteiger partial charge in [-0.25, -0.2) is 4.98 Å². The Morgan fingerprint density at radius 2 is 1.64 bits per heavy atom. The van der Waals surface area contributed by atoms with Crippen molar-refractivity contribution in [1.29, 1.82) is 0 Å². The minimum atomic E-state index is -1.26.